The van der Waals surface area contributed by atoms with Gasteiger partial charge in [-0.1, -0.05) is 25.0 Å². The summed E-state index contributed by atoms with van der Waals surface area (Å²) in [5, 5.41) is 0.742. The normalized spacial score (nSPS) is 17.5. The van der Waals surface area contributed by atoms with Crippen molar-refractivity contribution >= 4 is 31.5 Å². The van der Waals surface area contributed by atoms with Gasteiger partial charge in [-0.3, -0.25) is 0 Å². The highest BCUT2D eigenvalue weighted by atomic mass is 35.7. The van der Waals surface area contributed by atoms with Crippen LogP contribution in [0.2, 0.25) is 0 Å². The molecule has 1 aliphatic rings. The van der Waals surface area contributed by atoms with Crippen molar-refractivity contribution < 1.29 is 8.42 Å². The highest BCUT2D eigenvalue weighted by Crippen LogP contribution is 2.32. The smallest absolute Gasteiger partial charge is 0.207 e. The quantitative estimate of drug-likeness (QED) is 0.791. The van der Waals surface area contributed by atoms with E-state index in [-0.39, 0.29) is 4.90 Å². The van der Waals surface area contributed by atoms with Crippen molar-refractivity contribution in [1.29, 1.82) is 0 Å². The second-order valence-electron chi connectivity index (χ2n) is 4.30. The Balaban J connectivity index is 2.01. The van der Waals surface area contributed by atoms with E-state index in [0.717, 1.165) is 16.6 Å². The van der Waals surface area contributed by atoms with Gasteiger partial charge in [0.05, 0.1) is 4.90 Å². The Hall–Kier alpha value is -0.190. The molecule has 0 atom stereocenters. The minimum Gasteiger partial charge on any atom is -0.207 e. The fraction of sp³-hybridized carbons (Fsp3) is 0.500. The van der Waals surface area contributed by atoms with E-state index >= 15 is 0 Å². The van der Waals surface area contributed by atoms with Gasteiger partial charge in [0.15, 0.2) is 0 Å². The lowest BCUT2D eigenvalue weighted by Gasteiger charge is -2.08. The summed E-state index contributed by atoms with van der Waals surface area (Å²) < 4.78 is 22.4. The van der Waals surface area contributed by atoms with Gasteiger partial charge in [-0.05, 0) is 30.5 Å². The van der Waals surface area contributed by atoms with E-state index in [1.54, 1.807) is 12.1 Å². The van der Waals surface area contributed by atoms with Gasteiger partial charge in [0.1, 0.15) is 0 Å². The SMILES string of the molecule is O=S(=O)(Cl)c1cccc(CSC2CCCC2)c1. The molecule has 5 heteroatoms. The predicted molar refractivity (Wildman–Crippen MR) is 73.0 cm³/mol. The minimum absolute atomic E-state index is 0.198. The largest absolute Gasteiger partial charge is 0.261 e. The molecule has 2 nitrogen and oxygen atoms in total. The van der Waals surface area contributed by atoms with Gasteiger partial charge in [-0.2, -0.15) is 11.8 Å². The van der Waals surface area contributed by atoms with Crippen LogP contribution in [0.4, 0.5) is 0 Å². The molecule has 1 aliphatic carbocycles. The second kappa shape index (κ2) is 5.63. The minimum atomic E-state index is -3.60. The Bertz CT molecular complexity index is 479. The zero-order valence-corrected chi connectivity index (χ0v) is 11.8. The van der Waals surface area contributed by atoms with Crippen LogP contribution in [0.5, 0.6) is 0 Å². The fourth-order valence-electron chi connectivity index (χ4n) is 2.06. The first-order chi connectivity index (χ1) is 8.05. The van der Waals surface area contributed by atoms with E-state index in [1.165, 1.54) is 31.7 Å². The average Bonchev–Trinajstić information content (AvgIpc) is 2.78. The maximum absolute atomic E-state index is 11.2. The number of rotatable bonds is 4. The molecule has 94 valence electrons. The summed E-state index contributed by atoms with van der Waals surface area (Å²) >= 11 is 1.92. The number of benzene rings is 1. The Labute approximate surface area is 111 Å². The van der Waals surface area contributed by atoms with Gasteiger partial charge in [0, 0.05) is 21.7 Å². The van der Waals surface area contributed by atoms with Crippen molar-refractivity contribution in [1.82, 2.24) is 0 Å². The summed E-state index contributed by atoms with van der Waals surface area (Å²) in [7, 11) is 1.72. The van der Waals surface area contributed by atoms with E-state index in [0.29, 0.717) is 0 Å². The molecule has 0 unspecified atom stereocenters. The molecular weight excluding hydrogens is 276 g/mol. The van der Waals surface area contributed by atoms with Crippen LogP contribution >= 0.6 is 22.4 Å². The number of hydrogen-bond donors (Lipinski definition) is 0. The summed E-state index contributed by atoms with van der Waals surface area (Å²) in [5.41, 5.74) is 1.03. The van der Waals surface area contributed by atoms with Crippen LogP contribution in [0, 0.1) is 0 Å². The third kappa shape index (κ3) is 3.90. The maximum atomic E-state index is 11.2. The monoisotopic (exact) mass is 290 g/mol. The topological polar surface area (TPSA) is 34.1 Å². The molecule has 0 aliphatic heterocycles. The van der Waals surface area contributed by atoms with Gasteiger partial charge in [-0.25, -0.2) is 8.42 Å². The van der Waals surface area contributed by atoms with Crippen LogP contribution in [0.25, 0.3) is 0 Å². The molecule has 1 fully saturated rings. The van der Waals surface area contributed by atoms with Gasteiger partial charge in [-0.15, -0.1) is 0 Å². The van der Waals surface area contributed by atoms with Crippen molar-refractivity contribution in [3.05, 3.63) is 29.8 Å². The first-order valence-electron chi connectivity index (χ1n) is 5.71. The molecule has 1 saturated carbocycles. The van der Waals surface area contributed by atoms with Crippen LogP contribution in [-0.4, -0.2) is 13.7 Å². The standard InChI is InChI=1S/C12H15ClO2S2/c13-17(14,15)12-7-3-4-10(8-12)9-16-11-5-1-2-6-11/h3-4,7-8,11H,1-2,5-6,9H2. The Morgan fingerprint density at radius 3 is 2.65 bits per heavy atom. The number of halogens is 1. The molecule has 0 N–H and O–H groups in total. The number of hydrogen-bond acceptors (Lipinski definition) is 3. The molecule has 0 spiro atoms. The molecule has 0 aromatic heterocycles. The first kappa shape index (κ1) is 13.2. The molecular formula is C12H15ClO2S2. The molecule has 0 heterocycles. The molecule has 2 rings (SSSR count). The highest BCUT2D eigenvalue weighted by molar-refractivity contribution is 8.13. The Morgan fingerprint density at radius 1 is 1.29 bits per heavy atom. The lowest BCUT2D eigenvalue weighted by molar-refractivity contribution is 0.609. The zero-order chi connectivity index (χ0) is 12.3. The van der Waals surface area contributed by atoms with Gasteiger partial charge in [0.2, 0.25) is 0 Å². The molecule has 1 aromatic rings. The molecule has 0 amide bonds. The summed E-state index contributed by atoms with van der Waals surface area (Å²) in [5.74, 6) is 0.866. The summed E-state index contributed by atoms with van der Waals surface area (Å²) in [6.07, 6.45) is 5.23. The van der Waals surface area contributed by atoms with E-state index in [1.807, 2.05) is 17.8 Å². The lowest BCUT2D eigenvalue weighted by Crippen LogP contribution is -1.96. The van der Waals surface area contributed by atoms with E-state index in [2.05, 4.69) is 0 Å². The summed E-state index contributed by atoms with van der Waals surface area (Å²) in [4.78, 5) is 0.198. The van der Waals surface area contributed by atoms with E-state index in [4.69, 9.17) is 10.7 Å². The third-order valence-electron chi connectivity index (χ3n) is 2.97. The number of thioether (sulfide) groups is 1. The summed E-state index contributed by atoms with van der Waals surface area (Å²) in [6.45, 7) is 0. The lowest BCUT2D eigenvalue weighted by atomic mass is 10.2. The Morgan fingerprint density at radius 2 is 2.00 bits per heavy atom. The molecule has 0 bridgehead atoms. The third-order valence-corrected chi connectivity index (χ3v) is 5.76. The van der Waals surface area contributed by atoms with E-state index < -0.39 is 9.05 Å². The van der Waals surface area contributed by atoms with Crippen LogP contribution in [-0.2, 0) is 14.8 Å². The van der Waals surface area contributed by atoms with Crippen LogP contribution in [0.1, 0.15) is 31.2 Å². The molecule has 1 aromatic carbocycles. The molecule has 0 radical (unpaired) electrons. The van der Waals surface area contributed by atoms with Gasteiger partial charge < -0.3 is 0 Å². The van der Waals surface area contributed by atoms with Crippen molar-refractivity contribution in [2.45, 2.75) is 41.6 Å². The van der Waals surface area contributed by atoms with Crippen molar-refractivity contribution in [3.63, 3.8) is 0 Å². The maximum Gasteiger partial charge on any atom is 0.261 e. The highest BCUT2D eigenvalue weighted by Gasteiger charge is 2.16. The van der Waals surface area contributed by atoms with Crippen molar-refractivity contribution in [3.8, 4) is 0 Å². The van der Waals surface area contributed by atoms with Crippen molar-refractivity contribution in [2.24, 2.45) is 0 Å². The van der Waals surface area contributed by atoms with Crippen molar-refractivity contribution in [2.75, 3.05) is 0 Å². The van der Waals surface area contributed by atoms with Gasteiger partial charge >= 0.3 is 0 Å². The van der Waals surface area contributed by atoms with Crippen LogP contribution < -0.4 is 0 Å². The van der Waals surface area contributed by atoms with Crippen LogP contribution in [0.3, 0.4) is 0 Å². The Kier molecular flexibility index (Phi) is 4.39. The van der Waals surface area contributed by atoms with Crippen LogP contribution in [0.15, 0.2) is 29.2 Å². The first-order valence-corrected chi connectivity index (χ1v) is 9.07. The predicted octanol–water partition coefficient (Wildman–Crippen LogP) is 3.79. The zero-order valence-electron chi connectivity index (χ0n) is 9.43. The van der Waals surface area contributed by atoms with Gasteiger partial charge in [0.25, 0.3) is 9.05 Å². The fourth-order valence-corrected chi connectivity index (χ4v) is 4.15. The molecule has 0 saturated heterocycles. The summed E-state index contributed by atoms with van der Waals surface area (Å²) in [6, 6.07) is 6.91. The van der Waals surface area contributed by atoms with E-state index in [9.17, 15) is 8.42 Å². The molecule has 17 heavy (non-hydrogen) atoms. The second-order valence-corrected chi connectivity index (χ2v) is 8.16. The average molecular weight is 291 g/mol.